The largest absolute Gasteiger partial charge is 0.493 e. The van der Waals surface area contributed by atoms with E-state index >= 15 is 0 Å². The molecule has 1 amide bonds. The van der Waals surface area contributed by atoms with Crippen molar-refractivity contribution in [3.63, 3.8) is 0 Å². The smallest absolute Gasteiger partial charge is 0.273 e. The van der Waals surface area contributed by atoms with Gasteiger partial charge in [-0.05, 0) is 37.8 Å². The fourth-order valence-electron chi connectivity index (χ4n) is 4.63. The van der Waals surface area contributed by atoms with Gasteiger partial charge in [-0.3, -0.25) is 14.2 Å². The molecule has 2 fully saturated rings. The highest BCUT2D eigenvalue weighted by molar-refractivity contribution is 7.22. The lowest BCUT2D eigenvalue weighted by molar-refractivity contribution is -0.125. The summed E-state index contributed by atoms with van der Waals surface area (Å²) in [5, 5.41) is 7.87. The predicted molar refractivity (Wildman–Crippen MR) is 140 cm³/mol. The number of hydrogen-bond acceptors (Lipinski definition) is 11. The summed E-state index contributed by atoms with van der Waals surface area (Å²) in [7, 11) is 3.10. The summed E-state index contributed by atoms with van der Waals surface area (Å²) in [6.07, 6.45) is 5.33. The molecule has 3 aromatic heterocycles. The van der Waals surface area contributed by atoms with Gasteiger partial charge >= 0.3 is 0 Å². The van der Waals surface area contributed by atoms with Crippen molar-refractivity contribution >= 4 is 32.7 Å². The number of nitrogens with zero attached hydrogens (tertiary/aromatic N) is 6. The number of hydrogen-bond donors (Lipinski definition) is 1. The Balaban J connectivity index is 1.21. The van der Waals surface area contributed by atoms with Crippen LogP contribution in [0.4, 0.5) is 5.13 Å². The monoisotopic (exact) mass is 537 g/mol. The lowest BCUT2D eigenvalue weighted by Crippen LogP contribution is -2.43. The number of ether oxygens (including phenoxy) is 2. The minimum Gasteiger partial charge on any atom is -0.493 e. The quantitative estimate of drug-likeness (QED) is 0.357. The zero-order valence-electron chi connectivity index (χ0n) is 21.0. The van der Waals surface area contributed by atoms with Crippen LogP contribution < -0.4 is 25.2 Å². The molecule has 12 nitrogen and oxygen atoms in total. The third kappa shape index (κ3) is 4.69. The van der Waals surface area contributed by atoms with Gasteiger partial charge in [-0.15, -0.1) is 0 Å². The van der Waals surface area contributed by atoms with Gasteiger partial charge < -0.3 is 24.2 Å². The number of rotatable bonds is 8. The molecule has 1 unspecified atom stereocenters. The fourth-order valence-corrected chi connectivity index (χ4v) is 5.64. The molecule has 13 heteroatoms. The van der Waals surface area contributed by atoms with E-state index in [-0.39, 0.29) is 29.8 Å². The van der Waals surface area contributed by atoms with Crippen LogP contribution in [-0.2, 0) is 11.3 Å². The van der Waals surface area contributed by atoms with Gasteiger partial charge in [0, 0.05) is 19.1 Å². The average molecular weight is 538 g/mol. The molecule has 1 saturated heterocycles. The van der Waals surface area contributed by atoms with Crippen molar-refractivity contribution in [1.29, 1.82) is 0 Å². The van der Waals surface area contributed by atoms with Crippen LogP contribution in [0.1, 0.15) is 31.6 Å². The second-order valence-corrected chi connectivity index (χ2v) is 10.4. The number of carbonyl (C=O) groups is 1. The molecule has 198 valence electrons. The number of fused-ring (bicyclic) bond motifs is 1. The van der Waals surface area contributed by atoms with E-state index in [2.05, 4.69) is 30.3 Å². The van der Waals surface area contributed by atoms with Crippen molar-refractivity contribution in [3.8, 4) is 22.9 Å². The minimum absolute atomic E-state index is 0.0570. The molecular weight excluding hydrogens is 510 g/mol. The molecule has 6 rings (SSSR count). The number of carbonyl (C=O) groups excluding carboxylic acids is 1. The van der Waals surface area contributed by atoms with E-state index < -0.39 is 0 Å². The molecule has 1 aliphatic carbocycles. The Hall–Kier alpha value is -4.00. The highest BCUT2D eigenvalue weighted by Gasteiger charge is 2.31. The molecule has 1 N–H and O–H groups in total. The first-order chi connectivity index (χ1) is 18.5. The van der Waals surface area contributed by atoms with Gasteiger partial charge in [0.15, 0.2) is 22.3 Å². The van der Waals surface area contributed by atoms with Crippen LogP contribution in [-0.4, -0.2) is 63.9 Å². The number of methoxy groups -OCH3 is 2. The predicted octanol–water partition coefficient (Wildman–Crippen LogP) is 2.46. The second-order valence-electron chi connectivity index (χ2n) is 9.45. The molecular formula is C25H27N7O5S. The molecule has 0 radical (unpaired) electrons. The van der Waals surface area contributed by atoms with Crippen LogP contribution in [0, 0.1) is 5.92 Å². The third-order valence-electron chi connectivity index (χ3n) is 6.78. The maximum absolute atomic E-state index is 13.3. The van der Waals surface area contributed by atoms with Crippen molar-refractivity contribution in [1.82, 2.24) is 30.0 Å². The summed E-state index contributed by atoms with van der Waals surface area (Å²) in [6.45, 7) is 1.44. The number of piperidine rings is 1. The van der Waals surface area contributed by atoms with Crippen molar-refractivity contribution < 1.29 is 18.8 Å². The number of amides is 1. The van der Waals surface area contributed by atoms with E-state index in [1.54, 1.807) is 32.4 Å². The normalized spacial score (nSPS) is 17.5. The van der Waals surface area contributed by atoms with Crippen LogP contribution >= 0.6 is 11.3 Å². The van der Waals surface area contributed by atoms with Gasteiger partial charge in [0.25, 0.3) is 5.56 Å². The second kappa shape index (κ2) is 10.0. The number of anilines is 1. The lowest BCUT2D eigenvalue weighted by Gasteiger charge is -2.31. The molecule has 38 heavy (non-hydrogen) atoms. The van der Waals surface area contributed by atoms with Gasteiger partial charge in [0.05, 0.1) is 25.7 Å². The van der Waals surface area contributed by atoms with Crippen molar-refractivity contribution in [2.24, 2.45) is 5.92 Å². The Morgan fingerprint density at radius 1 is 1.21 bits per heavy atom. The topological polar surface area (TPSA) is 137 Å². The van der Waals surface area contributed by atoms with E-state index in [0.29, 0.717) is 51.0 Å². The summed E-state index contributed by atoms with van der Waals surface area (Å²) in [5.41, 5.74) is 0.765. The van der Waals surface area contributed by atoms with Gasteiger partial charge in [0.1, 0.15) is 17.6 Å². The zero-order chi connectivity index (χ0) is 26.2. The highest BCUT2D eigenvalue weighted by Crippen LogP contribution is 2.36. The van der Waals surface area contributed by atoms with Crippen LogP contribution in [0.15, 0.2) is 33.8 Å². The Kier molecular flexibility index (Phi) is 6.44. The van der Waals surface area contributed by atoms with Gasteiger partial charge in [-0.1, -0.05) is 22.6 Å². The molecule has 0 spiro atoms. The first-order valence-corrected chi connectivity index (χ1v) is 13.3. The van der Waals surface area contributed by atoms with Crippen LogP contribution in [0.5, 0.6) is 11.5 Å². The first-order valence-electron chi connectivity index (χ1n) is 12.5. The van der Waals surface area contributed by atoms with Crippen molar-refractivity contribution in [3.05, 3.63) is 40.8 Å². The minimum atomic E-state index is -0.238. The Morgan fingerprint density at radius 3 is 2.87 bits per heavy atom. The molecule has 1 atom stereocenters. The van der Waals surface area contributed by atoms with E-state index in [0.717, 1.165) is 32.2 Å². The van der Waals surface area contributed by atoms with E-state index in [9.17, 15) is 9.59 Å². The number of nitrogens with one attached hydrogen (secondary N) is 1. The summed E-state index contributed by atoms with van der Waals surface area (Å²) in [6, 6.07) is 5.73. The number of aromatic nitrogens is 5. The first kappa shape index (κ1) is 24.3. The standard InChI is InChI=1S/C25H27N7O5S/c1-35-17-7-3-6-16(19(17)36-2)21-28-18(37-30-21)12-32-13-26-22-20(24(32)34)38-25(29-22)31-10-4-5-14(11-31)23(33)27-15-8-9-15/h3,6-7,13-15H,4-5,8-12H2,1-2H3,(H,27,33). The summed E-state index contributed by atoms with van der Waals surface area (Å²) in [5.74, 6) is 1.65. The summed E-state index contributed by atoms with van der Waals surface area (Å²) in [4.78, 5) is 41.4. The van der Waals surface area contributed by atoms with Crippen molar-refractivity contribution in [2.75, 3.05) is 32.2 Å². The number of para-hydroxylation sites is 1. The molecule has 2 aliphatic rings. The third-order valence-corrected chi connectivity index (χ3v) is 7.87. The highest BCUT2D eigenvalue weighted by atomic mass is 32.1. The van der Waals surface area contributed by atoms with E-state index in [4.69, 9.17) is 14.0 Å². The van der Waals surface area contributed by atoms with Crippen molar-refractivity contribution in [2.45, 2.75) is 38.3 Å². The van der Waals surface area contributed by atoms with Crippen LogP contribution in [0.25, 0.3) is 21.7 Å². The molecule has 4 aromatic rings. The van der Waals surface area contributed by atoms with Gasteiger partial charge in [-0.2, -0.15) is 9.97 Å². The molecule has 1 aliphatic heterocycles. The van der Waals surface area contributed by atoms with E-state index in [1.807, 2.05) is 0 Å². The Bertz CT molecular complexity index is 1540. The molecule has 1 saturated carbocycles. The van der Waals surface area contributed by atoms with Crippen LogP contribution in [0.2, 0.25) is 0 Å². The SMILES string of the molecule is COc1cccc(-c2noc(Cn3cnc4nc(N5CCCC(C(=O)NC6CC6)C5)sc4c3=O)n2)c1OC. The maximum atomic E-state index is 13.3. The zero-order valence-corrected chi connectivity index (χ0v) is 21.9. The Morgan fingerprint density at radius 2 is 2.08 bits per heavy atom. The van der Waals surface area contributed by atoms with Crippen LogP contribution in [0.3, 0.4) is 0 Å². The van der Waals surface area contributed by atoms with Gasteiger partial charge in [0.2, 0.25) is 17.6 Å². The Labute approximate surface area is 221 Å². The number of benzene rings is 1. The summed E-state index contributed by atoms with van der Waals surface area (Å²) >= 11 is 1.30. The molecule has 1 aromatic carbocycles. The fraction of sp³-hybridized carbons (Fsp3) is 0.440. The average Bonchev–Trinajstić information content (AvgIpc) is 3.45. The molecule has 0 bridgehead atoms. The lowest BCUT2D eigenvalue weighted by atomic mass is 9.97. The molecule has 4 heterocycles. The number of thiazole rings is 1. The maximum Gasteiger partial charge on any atom is 0.273 e. The summed E-state index contributed by atoms with van der Waals surface area (Å²) < 4.78 is 18.1. The van der Waals surface area contributed by atoms with Gasteiger partial charge in [-0.25, -0.2) is 4.98 Å². The van der Waals surface area contributed by atoms with E-state index in [1.165, 1.54) is 22.2 Å².